The molecule has 0 spiro atoms. The highest BCUT2D eigenvalue weighted by molar-refractivity contribution is 7.15. The summed E-state index contributed by atoms with van der Waals surface area (Å²) in [5.74, 6) is -0.122. The van der Waals surface area contributed by atoms with Gasteiger partial charge in [-0.1, -0.05) is 30.6 Å². The summed E-state index contributed by atoms with van der Waals surface area (Å²) in [4.78, 5) is 36.9. The van der Waals surface area contributed by atoms with Gasteiger partial charge in [0, 0.05) is 31.8 Å². The van der Waals surface area contributed by atoms with E-state index < -0.39 is 0 Å². The van der Waals surface area contributed by atoms with Gasteiger partial charge in [0.05, 0.1) is 6.54 Å². The highest BCUT2D eigenvalue weighted by atomic mass is 32.1. The Balaban J connectivity index is 1.44. The number of aromatic nitrogens is 2. The molecule has 1 saturated heterocycles. The Morgan fingerprint density at radius 1 is 1.20 bits per heavy atom. The van der Waals surface area contributed by atoms with Gasteiger partial charge in [-0.3, -0.25) is 14.4 Å². The fraction of sp³-hybridized carbons (Fsp3) is 0.688. The molecular weight excluding hydrogens is 342 g/mol. The molecule has 1 saturated carbocycles. The Kier molecular flexibility index (Phi) is 5.95. The minimum atomic E-state index is -0.249. The van der Waals surface area contributed by atoms with Gasteiger partial charge < -0.3 is 15.5 Å². The quantitative estimate of drug-likeness (QED) is 0.817. The van der Waals surface area contributed by atoms with Gasteiger partial charge in [-0.15, -0.1) is 10.2 Å². The number of hydrogen-bond donors (Lipinski definition) is 2. The number of nitrogens with zero attached hydrogens (tertiary/aromatic N) is 3. The fourth-order valence-electron chi connectivity index (χ4n) is 3.21. The van der Waals surface area contributed by atoms with E-state index in [0.717, 1.165) is 17.8 Å². The summed E-state index contributed by atoms with van der Waals surface area (Å²) in [6.45, 7) is 1.03. The van der Waals surface area contributed by atoms with Crippen LogP contribution >= 0.6 is 11.3 Å². The number of carbonyl (C=O) groups excluding carboxylic acids is 3. The van der Waals surface area contributed by atoms with E-state index >= 15 is 0 Å². The minimum Gasteiger partial charge on any atom is -0.353 e. The summed E-state index contributed by atoms with van der Waals surface area (Å²) in [5, 5.41) is 15.1. The summed E-state index contributed by atoms with van der Waals surface area (Å²) < 4.78 is 0. The summed E-state index contributed by atoms with van der Waals surface area (Å²) >= 11 is 1.43. The molecule has 3 amide bonds. The third-order valence-electron chi connectivity index (χ3n) is 4.60. The van der Waals surface area contributed by atoms with E-state index in [9.17, 15) is 14.4 Å². The van der Waals surface area contributed by atoms with Gasteiger partial charge in [0.15, 0.2) is 0 Å². The molecule has 8 nitrogen and oxygen atoms in total. The first kappa shape index (κ1) is 17.8. The first-order chi connectivity index (χ1) is 12.1. The molecule has 2 aliphatic rings. The lowest BCUT2D eigenvalue weighted by Crippen LogP contribution is -2.50. The molecule has 1 aromatic heterocycles. The largest absolute Gasteiger partial charge is 0.353 e. The van der Waals surface area contributed by atoms with Gasteiger partial charge in [-0.25, -0.2) is 0 Å². The van der Waals surface area contributed by atoms with E-state index in [-0.39, 0.29) is 37.1 Å². The Bertz CT molecular complexity index is 641. The van der Waals surface area contributed by atoms with Crippen LogP contribution in [-0.4, -0.2) is 52.5 Å². The van der Waals surface area contributed by atoms with Crippen molar-refractivity contribution in [3.8, 4) is 0 Å². The lowest BCUT2D eigenvalue weighted by molar-refractivity contribution is -0.138. The molecule has 25 heavy (non-hydrogen) atoms. The number of anilines is 1. The number of carbonyl (C=O) groups is 3. The summed E-state index contributed by atoms with van der Waals surface area (Å²) in [6, 6.07) is 0. The number of piperazine rings is 1. The first-order valence-electron chi connectivity index (χ1n) is 8.79. The standard InChI is InChI=1S/C16H23N5O3S/c22-12(6-7-14(24)21-9-8-17-13(23)10-21)18-16-20-19-15(25-16)11-4-2-1-3-5-11/h11H,1-10H2,(H,17,23)(H,18,20,22). The number of amides is 3. The second kappa shape index (κ2) is 8.37. The molecule has 0 atom stereocenters. The third kappa shape index (κ3) is 4.97. The van der Waals surface area contributed by atoms with Gasteiger partial charge >= 0.3 is 0 Å². The highest BCUT2D eigenvalue weighted by Crippen LogP contribution is 2.35. The molecule has 0 aromatic carbocycles. The van der Waals surface area contributed by atoms with E-state index in [4.69, 9.17) is 0 Å². The Morgan fingerprint density at radius 2 is 2.00 bits per heavy atom. The van der Waals surface area contributed by atoms with E-state index in [0.29, 0.717) is 24.1 Å². The maximum atomic E-state index is 12.1. The average molecular weight is 365 g/mol. The van der Waals surface area contributed by atoms with Crippen molar-refractivity contribution in [2.45, 2.75) is 50.9 Å². The molecular formula is C16H23N5O3S. The summed E-state index contributed by atoms with van der Waals surface area (Å²) in [5.41, 5.74) is 0. The van der Waals surface area contributed by atoms with Crippen LogP contribution in [-0.2, 0) is 14.4 Å². The zero-order valence-corrected chi connectivity index (χ0v) is 14.9. The van der Waals surface area contributed by atoms with Crippen molar-refractivity contribution in [1.82, 2.24) is 20.4 Å². The van der Waals surface area contributed by atoms with Crippen molar-refractivity contribution in [2.24, 2.45) is 0 Å². The van der Waals surface area contributed by atoms with Crippen molar-refractivity contribution < 1.29 is 14.4 Å². The zero-order valence-electron chi connectivity index (χ0n) is 14.1. The van der Waals surface area contributed by atoms with Crippen LogP contribution < -0.4 is 10.6 Å². The Morgan fingerprint density at radius 3 is 2.76 bits per heavy atom. The SMILES string of the molecule is O=C1CN(C(=O)CCC(=O)Nc2nnc(C3CCCCC3)s2)CCN1. The smallest absolute Gasteiger partial charge is 0.239 e. The lowest BCUT2D eigenvalue weighted by Gasteiger charge is -2.26. The molecule has 2 heterocycles. The van der Waals surface area contributed by atoms with Crippen LogP contribution in [0, 0.1) is 0 Å². The predicted molar refractivity (Wildman–Crippen MR) is 93.2 cm³/mol. The highest BCUT2D eigenvalue weighted by Gasteiger charge is 2.22. The van der Waals surface area contributed by atoms with E-state index in [1.165, 1.54) is 35.5 Å². The van der Waals surface area contributed by atoms with Crippen LogP contribution in [0.1, 0.15) is 55.9 Å². The van der Waals surface area contributed by atoms with Gasteiger partial charge in [-0.2, -0.15) is 0 Å². The molecule has 9 heteroatoms. The van der Waals surface area contributed by atoms with Crippen LogP contribution in [0.4, 0.5) is 5.13 Å². The predicted octanol–water partition coefficient (Wildman–Crippen LogP) is 1.26. The van der Waals surface area contributed by atoms with Crippen molar-refractivity contribution in [3.05, 3.63) is 5.01 Å². The van der Waals surface area contributed by atoms with Gasteiger partial charge in [0.2, 0.25) is 22.9 Å². The molecule has 1 aliphatic heterocycles. The average Bonchev–Trinajstić information content (AvgIpc) is 3.09. The maximum absolute atomic E-state index is 12.1. The molecule has 0 bridgehead atoms. The van der Waals surface area contributed by atoms with Crippen LogP contribution in [0.2, 0.25) is 0 Å². The van der Waals surface area contributed by atoms with Crippen LogP contribution in [0.5, 0.6) is 0 Å². The second-order valence-corrected chi connectivity index (χ2v) is 7.50. The lowest BCUT2D eigenvalue weighted by atomic mass is 9.90. The van der Waals surface area contributed by atoms with E-state index in [2.05, 4.69) is 20.8 Å². The molecule has 1 aromatic rings. The van der Waals surface area contributed by atoms with Crippen LogP contribution in [0.25, 0.3) is 0 Å². The molecule has 3 rings (SSSR count). The van der Waals surface area contributed by atoms with Crippen molar-refractivity contribution in [1.29, 1.82) is 0 Å². The van der Waals surface area contributed by atoms with Gasteiger partial charge in [0.1, 0.15) is 5.01 Å². The van der Waals surface area contributed by atoms with Gasteiger partial charge in [-0.05, 0) is 12.8 Å². The first-order valence-corrected chi connectivity index (χ1v) is 9.61. The second-order valence-electron chi connectivity index (χ2n) is 6.49. The monoisotopic (exact) mass is 365 g/mol. The molecule has 1 aliphatic carbocycles. The van der Waals surface area contributed by atoms with E-state index in [1.54, 1.807) is 0 Å². The minimum absolute atomic E-state index is 0.0710. The molecule has 2 fully saturated rings. The fourth-order valence-corrected chi connectivity index (χ4v) is 4.14. The number of hydrogen-bond acceptors (Lipinski definition) is 6. The number of rotatable bonds is 5. The number of nitrogens with one attached hydrogen (secondary N) is 2. The van der Waals surface area contributed by atoms with Crippen molar-refractivity contribution in [3.63, 3.8) is 0 Å². The zero-order chi connectivity index (χ0) is 17.6. The van der Waals surface area contributed by atoms with Crippen LogP contribution in [0.3, 0.4) is 0 Å². The molecule has 2 N–H and O–H groups in total. The third-order valence-corrected chi connectivity index (χ3v) is 5.60. The Labute approximate surface area is 150 Å². The molecule has 136 valence electrons. The topological polar surface area (TPSA) is 104 Å². The molecule has 0 unspecified atom stereocenters. The van der Waals surface area contributed by atoms with E-state index in [1.807, 2.05) is 0 Å². The van der Waals surface area contributed by atoms with Crippen molar-refractivity contribution in [2.75, 3.05) is 25.0 Å². The summed E-state index contributed by atoms with van der Waals surface area (Å²) in [7, 11) is 0. The summed E-state index contributed by atoms with van der Waals surface area (Å²) in [6.07, 6.45) is 6.18. The van der Waals surface area contributed by atoms with Crippen LogP contribution in [0.15, 0.2) is 0 Å². The maximum Gasteiger partial charge on any atom is 0.239 e. The normalized spacial score (nSPS) is 18.7. The van der Waals surface area contributed by atoms with Gasteiger partial charge in [0.25, 0.3) is 0 Å². The molecule has 0 radical (unpaired) electrons. The Hall–Kier alpha value is -2.03. The van der Waals surface area contributed by atoms with Crippen molar-refractivity contribution >= 4 is 34.2 Å².